The van der Waals surface area contributed by atoms with E-state index >= 15 is 0 Å². The first kappa shape index (κ1) is 27.8. The van der Waals surface area contributed by atoms with E-state index in [4.69, 9.17) is 4.98 Å². The van der Waals surface area contributed by atoms with Gasteiger partial charge in [-0.15, -0.1) is 0 Å². The SMILES string of the molecule is C/C=C\c1c(-c2cccc(-c3cccc(C)n3)c2)cc2c(c1C)c1ccc(-c3cccc4ccccc34)cc1n2-c1ccccc1. The van der Waals surface area contributed by atoms with Crippen LogP contribution in [0.3, 0.4) is 0 Å². The summed E-state index contributed by atoms with van der Waals surface area (Å²) in [6.45, 7) is 6.42. The molecule has 0 atom stereocenters. The van der Waals surface area contributed by atoms with Crippen LogP contribution in [0.5, 0.6) is 0 Å². The Hall–Kier alpha value is -5.73. The van der Waals surface area contributed by atoms with Crippen molar-refractivity contribution in [2.24, 2.45) is 0 Å². The van der Waals surface area contributed by atoms with Crippen LogP contribution in [0.25, 0.3) is 77.9 Å². The number of nitrogens with zero attached hydrogens (tertiary/aromatic N) is 2. The van der Waals surface area contributed by atoms with E-state index in [1.165, 1.54) is 66.0 Å². The lowest BCUT2D eigenvalue weighted by Crippen LogP contribution is -1.96. The molecular formula is C44H34N2. The Morgan fingerprint density at radius 1 is 0.565 bits per heavy atom. The van der Waals surface area contributed by atoms with Crippen molar-refractivity contribution in [3.63, 3.8) is 0 Å². The number of para-hydroxylation sites is 1. The third-order valence-corrected chi connectivity index (χ3v) is 9.16. The highest BCUT2D eigenvalue weighted by Gasteiger charge is 2.20. The Balaban J connectivity index is 1.43. The van der Waals surface area contributed by atoms with Crippen LogP contribution in [-0.4, -0.2) is 9.55 Å². The zero-order chi connectivity index (χ0) is 31.2. The molecule has 0 saturated carbocycles. The van der Waals surface area contributed by atoms with Gasteiger partial charge >= 0.3 is 0 Å². The van der Waals surface area contributed by atoms with Gasteiger partial charge in [0.05, 0.1) is 16.7 Å². The summed E-state index contributed by atoms with van der Waals surface area (Å²) in [5.74, 6) is 0. The van der Waals surface area contributed by atoms with E-state index in [0.29, 0.717) is 0 Å². The molecule has 8 rings (SSSR count). The van der Waals surface area contributed by atoms with Gasteiger partial charge in [-0.25, -0.2) is 0 Å². The van der Waals surface area contributed by atoms with E-state index in [1.807, 2.05) is 13.0 Å². The molecule has 0 spiro atoms. The first-order chi connectivity index (χ1) is 22.6. The molecule has 8 aromatic rings. The van der Waals surface area contributed by atoms with Crippen LogP contribution in [-0.2, 0) is 0 Å². The maximum absolute atomic E-state index is 4.82. The highest BCUT2D eigenvalue weighted by Crippen LogP contribution is 2.42. The predicted octanol–water partition coefficient (Wildman–Crippen LogP) is 12.0. The first-order valence-corrected chi connectivity index (χ1v) is 15.9. The molecule has 0 fully saturated rings. The largest absolute Gasteiger partial charge is 0.309 e. The fraction of sp³-hybridized carbons (Fsp3) is 0.0682. The highest BCUT2D eigenvalue weighted by atomic mass is 15.0. The molecule has 0 aliphatic carbocycles. The number of allylic oxidation sites excluding steroid dienone is 1. The Morgan fingerprint density at radius 3 is 2.15 bits per heavy atom. The Labute approximate surface area is 269 Å². The van der Waals surface area contributed by atoms with Crippen LogP contribution >= 0.6 is 0 Å². The second-order valence-corrected chi connectivity index (χ2v) is 12.0. The Bertz CT molecular complexity index is 2440. The van der Waals surface area contributed by atoms with E-state index in [0.717, 1.165) is 22.6 Å². The molecule has 0 bridgehead atoms. The van der Waals surface area contributed by atoms with Crippen molar-refractivity contribution in [1.29, 1.82) is 0 Å². The molecule has 6 aromatic carbocycles. The number of hydrogen-bond donors (Lipinski definition) is 0. The number of pyridine rings is 1. The maximum atomic E-state index is 4.82. The van der Waals surface area contributed by atoms with Gasteiger partial charge in [-0.3, -0.25) is 4.98 Å². The molecule has 2 aromatic heterocycles. The third-order valence-electron chi connectivity index (χ3n) is 9.16. The molecule has 220 valence electrons. The van der Waals surface area contributed by atoms with Crippen LogP contribution in [0.1, 0.15) is 23.7 Å². The third kappa shape index (κ3) is 4.62. The van der Waals surface area contributed by atoms with Gasteiger partial charge in [0.25, 0.3) is 0 Å². The lowest BCUT2D eigenvalue weighted by molar-refractivity contribution is 1.18. The predicted molar refractivity (Wildman–Crippen MR) is 197 cm³/mol. The van der Waals surface area contributed by atoms with Crippen molar-refractivity contribution in [3.8, 4) is 39.2 Å². The number of hydrogen-bond acceptors (Lipinski definition) is 1. The molecule has 0 amide bonds. The number of fused-ring (bicyclic) bond motifs is 4. The normalized spacial score (nSPS) is 11.7. The minimum absolute atomic E-state index is 0.992. The molecule has 0 aliphatic rings. The molecule has 2 nitrogen and oxygen atoms in total. The molecule has 2 heteroatoms. The number of aryl methyl sites for hydroxylation is 2. The van der Waals surface area contributed by atoms with Crippen molar-refractivity contribution in [2.45, 2.75) is 20.8 Å². The average Bonchev–Trinajstić information content (AvgIpc) is 3.43. The lowest BCUT2D eigenvalue weighted by Gasteiger charge is -2.15. The van der Waals surface area contributed by atoms with E-state index < -0.39 is 0 Å². The second-order valence-electron chi connectivity index (χ2n) is 12.0. The van der Waals surface area contributed by atoms with Gasteiger partial charge in [-0.2, -0.15) is 0 Å². The minimum Gasteiger partial charge on any atom is -0.309 e. The van der Waals surface area contributed by atoms with Crippen molar-refractivity contribution >= 4 is 38.7 Å². The van der Waals surface area contributed by atoms with Crippen molar-refractivity contribution in [1.82, 2.24) is 9.55 Å². The van der Waals surface area contributed by atoms with Crippen LogP contribution in [0, 0.1) is 13.8 Å². The van der Waals surface area contributed by atoms with Gasteiger partial charge in [0.1, 0.15) is 0 Å². The highest BCUT2D eigenvalue weighted by molar-refractivity contribution is 6.14. The standard InChI is InChI=1S/C44H34N2/c1-4-13-36-30(3)44-39-25-24-33(38-22-12-16-31-15-8-9-21-37(31)38)27-42(39)46(35-19-6-5-7-20-35)43(44)28-40(36)32-17-11-18-34(26-32)41-23-10-14-29(2)45-41/h4-28H,1-3H3/b13-4-. The molecule has 0 N–H and O–H groups in total. The second kappa shape index (κ2) is 11.3. The first-order valence-electron chi connectivity index (χ1n) is 15.9. The molecule has 0 radical (unpaired) electrons. The fourth-order valence-corrected chi connectivity index (χ4v) is 7.06. The summed E-state index contributed by atoms with van der Waals surface area (Å²) in [7, 11) is 0. The van der Waals surface area contributed by atoms with Gasteiger partial charge in [-0.05, 0) is 107 Å². The zero-order valence-corrected chi connectivity index (χ0v) is 26.3. The lowest BCUT2D eigenvalue weighted by atomic mass is 9.91. The molecular weight excluding hydrogens is 556 g/mol. The maximum Gasteiger partial charge on any atom is 0.0705 e. The molecule has 46 heavy (non-hydrogen) atoms. The monoisotopic (exact) mass is 590 g/mol. The number of aromatic nitrogens is 2. The smallest absolute Gasteiger partial charge is 0.0705 e. The minimum atomic E-state index is 0.992. The van der Waals surface area contributed by atoms with Crippen LogP contribution in [0.2, 0.25) is 0 Å². The van der Waals surface area contributed by atoms with Crippen LogP contribution in [0.4, 0.5) is 0 Å². The van der Waals surface area contributed by atoms with E-state index in [1.54, 1.807) is 0 Å². The van der Waals surface area contributed by atoms with Gasteiger partial charge in [-0.1, -0.05) is 109 Å². The van der Waals surface area contributed by atoms with Crippen molar-refractivity contribution < 1.29 is 0 Å². The van der Waals surface area contributed by atoms with Gasteiger partial charge in [0.15, 0.2) is 0 Å². The summed E-state index contributed by atoms with van der Waals surface area (Å²) < 4.78 is 2.45. The summed E-state index contributed by atoms with van der Waals surface area (Å²) in [4.78, 5) is 4.82. The Morgan fingerprint density at radius 2 is 1.30 bits per heavy atom. The fourth-order valence-electron chi connectivity index (χ4n) is 7.06. The summed E-state index contributed by atoms with van der Waals surface area (Å²) >= 11 is 0. The Kier molecular flexibility index (Phi) is 6.84. The van der Waals surface area contributed by atoms with E-state index in [9.17, 15) is 0 Å². The summed E-state index contributed by atoms with van der Waals surface area (Å²) in [6, 6.07) is 50.4. The van der Waals surface area contributed by atoms with Gasteiger partial charge in [0.2, 0.25) is 0 Å². The molecule has 2 heterocycles. The summed E-state index contributed by atoms with van der Waals surface area (Å²) in [6.07, 6.45) is 4.41. The summed E-state index contributed by atoms with van der Waals surface area (Å²) in [5.41, 5.74) is 14.1. The van der Waals surface area contributed by atoms with Crippen LogP contribution in [0.15, 0.2) is 146 Å². The zero-order valence-electron chi connectivity index (χ0n) is 26.3. The molecule has 0 unspecified atom stereocenters. The van der Waals surface area contributed by atoms with Gasteiger partial charge < -0.3 is 4.57 Å². The van der Waals surface area contributed by atoms with Crippen molar-refractivity contribution in [3.05, 3.63) is 162 Å². The quantitative estimate of drug-likeness (QED) is 0.195. The topological polar surface area (TPSA) is 17.8 Å². The van der Waals surface area contributed by atoms with E-state index in [2.05, 4.69) is 164 Å². The summed E-state index contributed by atoms with van der Waals surface area (Å²) in [5, 5.41) is 5.07. The molecule has 0 saturated heterocycles. The average molecular weight is 591 g/mol. The molecule has 0 aliphatic heterocycles. The van der Waals surface area contributed by atoms with E-state index in [-0.39, 0.29) is 0 Å². The van der Waals surface area contributed by atoms with Gasteiger partial charge in [0, 0.05) is 27.7 Å². The van der Waals surface area contributed by atoms with Crippen molar-refractivity contribution in [2.75, 3.05) is 0 Å². The number of benzene rings is 6. The van der Waals surface area contributed by atoms with Crippen LogP contribution < -0.4 is 0 Å². The number of rotatable bonds is 5.